The van der Waals surface area contributed by atoms with Crippen LogP contribution in [0, 0.1) is 11.8 Å². The summed E-state index contributed by atoms with van der Waals surface area (Å²) in [6, 6.07) is 0. The molecule has 334 valence electrons. The van der Waals surface area contributed by atoms with Gasteiger partial charge >= 0.3 is 18.1 Å². The van der Waals surface area contributed by atoms with E-state index in [-0.39, 0.29) is 38.4 Å². The Balaban J connectivity index is 4.60. The quantitative estimate of drug-likeness (QED) is 0.0261. The SMILES string of the molecule is CCCCC/C=C\C/C=C\CCCCCCCC(=O)OCC(COC(=O)CCCCCC(CCCCCC)CCCCCC)COC(=O)OCCCN(CC)CC. The molecular formula is C49H91NO7. The highest BCUT2D eigenvalue weighted by molar-refractivity contribution is 5.69. The Bertz CT molecular complexity index is 951. The molecule has 8 nitrogen and oxygen atoms in total. The zero-order valence-electron chi connectivity index (χ0n) is 38.0. The number of allylic oxidation sites excluding steroid dienone is 4. The maximum Gasteiger partial charge on any atom is 0.508 e. The first kappa shape index (κ1) is 54.6. The zero-order valence-corrected chi connectivity index (χ0v) is 38.0. The van der Waals surface area contributed by atoms with E-state index >= 15 is 0 Å². The first-order valence-electron chi connectivity index (χ1n) is 24.0. The number of rotatable bonds is 42. The van der Waals surface area contributed by atoms with Crippen LogP contribution in [0.1, 0.15) is 214 Å². The van der Waals surface area contributed by atoms with Crippen LogP contribution in [0.5, 0.6) is 0 Å². The summed E-state index contributed by atoms with van der Waals surface area (Å²) in [5.41, 5.74) is 0. The number of carbonyl (C=O) groups is 3. The molecule has 0 radical (unpaired) electrons. The van der Waals surface area contributed by atoms with Crippen molar-refractivity contribution in [3.8, 4) is 0 Å². The molecule has 0 amide bonds. The van der Waals surface area contributed by atoms with Crippen molar-refractivity contribution in [3.05, 3.63) is 24.3 Å². The van der Waals surface area contributed by atoms with Gasteiger partial charge in [-0.3, -0.25) is 9.59 Å². The number of hydrogen-bond donors (Lipinski definition) is 0. The maximum atomic E-state index is 12.7. The van der Waals surface area contributed by atoms with Crippen LogP contribution in [0.3, 0.4) is 0 Å². The summed E-state index contributed by atoms with van der Waals surface area (Å²) < 4.78 is 21.8. The van der Waals surface area contributed by atoms with Gasteiger partial charge in [-0.05, 0) is 70.4 Å². The summed E-state index contributed by atoms with van der Waals surface area (Å²) in [4.78, 5) is 39.9. The van der Waals surface area contributed by atoms with Crippen LogP contribution >= 0.6 is 0 Å². The highest BCUT2D eigenvalue weighted by Crippen LogP contribution is 2.24. The standard InChI is InChI=1S/C49H91NO7/c1-6-11-14-17-18-19-20-21-22-23-24-25-26-27-32-38-47(51)55-42-46(44-57-49(53)54-41-34-40-50(9-4)10-5)43-56-48(52)39-33-28-31-37-45(35-29-15-12-7-2)36-30-16-13-8-3/h18-19,21-22,45-46H,6-17,20,23-44H2,1-5H3/b19-18-,22-21-. The second-order valence-electron chi connectivity index (χ2n) is 16.2. The minimum atomic E-state index is -0.753. The third kappa shape index (κ3) is 38.9. The molecule has 0 aliphatic heterocycles. The molecular weight excluding hydrogens is 715 g/mol. The number of esters is 2. The molecule has 8 heteroatoms. The molecule has 0 N–H and O–H groups in total. The van der Waals surface area contributed by atoms with Crippen molar-refractivity contribution in [3.63, 3.8) is 0 Å². The number of carbonyl (C=O) groups excluding carboxylic acids is 3. The molecule has 0 rings (SSSR count). The van der Waals surface area contributed by atoms with Crippen LogP contribution in [0.15, 0.2) is 24.3 Å². The minimum absolute atomic E-state index is 0.0273. The van der Waals surface area contributed by atoms with E-state index in [1.54, 1.807) is 0 Å². The lowest BCUT2D eigenvalue weighted by Crippen LogP contribution is -2.27. The largest absolute Gasteiger partial charge is 0.508 e. The van der Waals surface area contributed by atoms with Crippen LogP contribution in [-0.4, -0.2) is 69.1 Å². The van der Waals surface area contributed by atoms with E-state index in [9.17, 15) is 14.4 Å². The van der Waals surface area contributed by atoms with Crippen molar-refractivity contribution >= 4 is 18.1 Å². The highest BCUT2D eigenvalue weighted by atomic mass is 16.7. The predicted octanol–water partition coefficient (Wildman–Crippen LogP) is 13.9. The first-order chi connectivity index (χ1) is 27.9. The van der Waals surface area contributed by atoms with Gasteiger partial charge in [-0.15, -0.1) is 0 Å². The Morgan fingerprint density at radius 3 is 1.42 bits per heavy atom. The lowest BCUT2D eigenvalue weighted by Gasteiger charge is -2.18. The molecule has 0 aromatic heterocycles. The number of hydrogen-bond acceptors (Lipinski definition) is 8. The maximum absolute atomic E-state index is 12.7. The molecule has 0 saturated heterocycles. The van der Waals surface area contributed by atoms with Gasteiger partial charge in [-0.1, -0.05) is 174 Å². The van der Waals surface area contributed by atoms with Crippen molar-refractivity contribution in [2.75, 3.05) is 46.1 Å². The molecule has 1 atom stereocenters. The molecule has 0 saturated carbocycles. The average molecular weight is 806 g/mol. The fourth-order valence-electron chi connectivity index (χ4n) is 7.03. The van der Waals surface area contributed by atoms with E-state index in [1.807, 2.05) is 0 Å². The average Bonchev–Trinajstić information content (AvgIpc) is 3.21. The van der Waals surface area contributed by atoms with Gasteiger partial charge in [0.15, 0.2) is 0 Å². The summed E-state index contributed by atoms with van der Waals surface area (Å²) in [6.45, 7) is 14.0. The van der Waals surface area contributed by atoms with Gasteiger partial charge in [0.05, 0.1) is 12.5 Å². The van der Waals surface area contributed by atoms with E-state index in [2.05, 4.69) is 63.8 Å². The van der Waals surface area contributed by atoms with Gasteiger partial charge in [-0.2, -0.15) is 0 Å². The molecule has 0 bridgehead atoms. The fourth-order valence-corrected chi connectivity index (χ4v) is 7.03. The van der Waals surface area contributed by atoms with E-state index in [0.29, 0.717) is 12.8 Å². The Morgan fingerprint density at radius 2 is 0.895 bits per heavy atom. The summed E-state index contributed by atoms with van der Waals surface area (Å²) >= 11 is 0. The third-order valence-corrected chi connectivity index (χ3v) is 10.9. The Hall–Kier alpha value is -2.35. The van der Waals surface area contributed by atoms with Crippen LogP contribution in [0.2, 0.25) is 0 Å². The Labute approximate surface area is 352 Å². The molecule has 0 spiro atoms. The molecule has 0 aromatic rings. The lowest BCUT2D eigenvalue weighted by atomic mass is 9.89. The van der Waals surface area contributed by atoms with Crippen molar-refractivity contribution in [1.29, 1.82) is 0 Å². The number of unbranched alkanes of at least 4 members (excludes halogenated alkanes) is 16. The van der Waals surface area contributed by atoms with E-state index in [0.717, 1.165) is 89.8 Å². The van der Waals surface area contributed by atoms with Gasteiger partial charge in [-0.25, -0.2) is 4.79 Å². The van der Waals surface area contributed by atoms with E-state index < -0.39 is 12.1 Å². The van der Waals surface area contributed by atoms with Crippen molar-refractivity contribution in [2.24, 2.45) is 11.8 Å². The van der Waals surface area contributed by atoms with Crippen LogP contribution in [-0.2, 0) is 28.5 Å². The molecule has 0 aromatic carbocycles. The summed E-state index contributed by atoms with van der Waals surface area (Å²) in [7, 11) is 0. The molecule has 0 aliphatic carbocycles. The lowest BCUT2D eigenvalue weighted by molar-refractivity contribution is -0.150. The zero-order chi connectivity index (χ0) is 41.9. The monoisotopic (exact) mass is 806 g/mol. The smallest absolute Gasteiger partial charge is 0.465 e. The van der Waals surface area contributed by atoms with Crippen molar-refractivity contribution in [1.82, 2.24) is 4.90 Å². The first-order valence-corrected chi connectivity index (χ1v) is 24.0. The third-order valence-electron chi connectivity index (χ3n) is 10.9. The van der Waals surface area contributed by atoms with Crippen molar-refractivity contribution in [2.45, 2.75) is 214 Å². The van der Waals surface area contributed by atoms with Gasteiger partial charge in [0.25, 0.3) is 0 Å². The van der Waals surface area contributed by atoms with E-state index in [4.69, 9.17) is 18.9 Å². The highest BCUT2D eigenvalue weighted by Gasteiger charge is 2.19. The number of nitrogens with zero attached hydrogens (tertiary/aromatic N) is 1. The predicted molar refractivity (Wildman–Crippen MR) is 239 cm³/mol. The van der Waals surface area contributed by atoms with Gasteiger partial charge in [0.1, 0.15) is 19.8 Å². The van der Waals surface area contributed by atoms with Gasteiger partial charge in [0, 0.05) is 19.4 Å². The second-order valence-corrected chi connectivity index (χ2v) is 16.2. The summed E-state index contributed by atoms with van der Waals surface area (Å²) in [5, 5.41) is 0. The van der Waals surface area contributed by atoms with E-state index in [1.165, 1.54) is 103 Å². The summed E-state index contributed by atoms with van der Waals surface area (Å²) in [6.07, 6.45) is 39.6. The molecule has 0 fully saturated rings. The molecule has 57 heavy (non-hydrogen) atoms. The number of ether oxygens (including phenoxy) is 4. The van der Waals surface area contributed by atoms with Crippen LogP contribution < -0.4 is 0 Å². The normalized spacial score (nSPS) is 12.3. The minimum Gasteiger partial charge on any atom is -0.465 e. The van der Waals surface area contributed by atoms with Gasteiger partial charge < -0.3 is 23.8 Å². The second kappa shape index (κ2) is 43.2. The topological polar surface area (TPSA) is 91.4 Å². The van der Waals surface area contributed by atoms with Crippen LogP contribution in [0.4, 0.5) is 4.79 Å². The molecule has 0 heterocycles. The Morgan fingerprint density at radius 1 is 0.456 bits per heavy atom. The summed E-state index contributed by atoms with van der Waals surface area (Å²) in [5.74, 6) is -0.179. The Kier molecular flexibility index (Phi) is 41.5. The molecule has 1 unspecified atom stereocenters. The molecule has 0 aliphatic rings. The van der Waals surface area contributed by atoms with Gasteiger partial charge in [0.2, 0.25) is 0 Å². The van der Waals surface area contributed by atoms with Crippen molar-refractivity contribution < 1.29 is 33.3 Å². The fraction of sp³-hybridized carbons (Fsp3) is 0.857. The van der Waals surface area contributed by atoms with Crippen LogP contribution in [0.25, 0.3) is 0 Å².